The van der Waals surface area contributed by atoms with Crippen LogP contribution in [0.1, 0.15) is 41.9 Å². The number of aromatic nitrogens is 1. The minimum absolute atomic E-state index is 0.281. The molecule has 7 heteroatoms. The second-order valence-electron chi connectivity index (χ2n) is 7.38. The van der Waals surface area contributed by atoms with Gasteiger partial charge in [-0.1, -0.05) is 43.1 Å². The summed E-state index contributed by atoms with van der Waals surface area (Å²) in [5, 5.41) is 5.22. The van der Waals surface area contributed by atoms with Gasteiger partial charge in [-0.15, -0.1) is 11.3 Å². The number of pyridine rings is 1. The van der Waals surface area contributed by atoms with E-state index in [1.807, 2.05) is 73.7 Å². The SMILES string of the molecule is CCC/C(=N/NC(=O)c1cc(-c2ccc(OCC)cc2)nc2ccccc12)c1ccc(Cl)s1. The topological polar surface area (TPSA) is 63.6 Å². The van der Waals surface area contributed by atoms with Crippen molar-refractivity contribution in [2.24, 2.45) is 5.10 Å². The van der Waals surface area contributed by atoms with Crippen LogP contribution in [0.15, 0.2) is 71.8 Å². The highest BCUT2D eigenvalue weighted by Gasteiger charge is 2.15. The Hall–Kier alpha value is -3.22. The lowest BCUT2D eigenvalue weighted by Crippen LogP contribution is -2.20. The van der Waals surface area contributed by atoms with Gasteiger partial charge in [-0.3, -0.25) is 4.79 Å². The van der Waals surface area contributed by atoms with Gasteiger partial charge in [0.05, 0.1) is 38.3 Å². The lowest BCUT2D eigenvalue weighted by atomic mass is 10.0. The number of nitrogens with zero attached hydrogens (tertiary/aromatic N) is 2. The Morgan fingerprint density at radius 3 is 2.58 bits per heavy atom. The van der Waals surface area contributed by atoms with Crippen molar-refractivity contribution >= 4 is 45.5 Å². The summed E-state index contributed by atoms with van der Waals surface area (Å²) in [5.74, 6) is 0.517. The molecule has 168 valence electrons. The summed E-state index contributed by atoms with van der Waals surface area (Å²) in [7, 11) is 0. The van der Waals surface area contributed by atoms with Gasteiger partial charge in [-0.2, -0.15) is 5.10 Å². The molecule has 0 bridgehead atoms. The van der Waals surface area contributed by atoms with Gasteiger partial charge < -0.3 is 4.74 Å². The predicted molar refractivity (Wildman–Crippen MR) is 137 cm³/mol. The molecule has 0 aliphatic carbocycles. The van der Waals surface area contributed by atoms with Gasteiger partial charge in [-0.05, 0) is 61.9 Å². The third-order valence-corrected chi connectivity index (χ3v) is 6.34. The van der Waals surface area contributed by atoms with Crippen LogP contribution >= 0.6 is 22.9 Å². The molecule has 0 unspecified atom stereocenters. The summed E-state index contributed by atoms with van der Waals surface area (Å²) in [6.45, 7) is 4.63. The molecule has 1 N–H and O–H groups in total. The first-order valence-corrected chi connectivity index (χ1v) is 12.0. The van der Waals surface area contributed by atoms with Crippen molar-refractivity contribution in [2.45, 2.75) is 26.7 Å². The molecule has 2 aromatic heterocycles. The monoisotopic (exact) mass is 477 g/mol. The number of hydrogen-bond acceptors (Lipinski definition) is 5. The van der Waals surface area contributed by atoms with Crippen molar-refractivity contribution in [1.29, 1.82) is 0 Å². The van der Waals surface area contributed by atoms with E-state index in [-0.39, 0.29) is 5.91 Å². The second kappa shape index (κ2) is 10.6. The molecule has 4 rings (SSSR count). The number of amides is 1. The summed E-state index contributed by atoms with van der Waals surface area (Å²) < 4.78 is 6.23. The highest BCUT2D eigenvalue weighted by molar-refractivity contribution is 7.18. The molecular weight excluding hydrogens is 454 g/mol. The number of carbonyl (C=O) groups is 1. The zero-order valence-electron chi connectivity index (χ0n) is 18.5. The standard InChI is InChI=1S/C26H24ClN3O2S/c1-3-7-22(24-14-15-25(27)33-24)29-30-26(31)20-16-23(28-21-9-6-5-8-19(20)21)17-10-12-18(13-11-17)32-4-2/h5-6,8-16H,3-4,7H2,1-2H3,(H,30,31)/b29-22-. The van der Waals surface area contributed by atoms with Crippen LogP contribution in [0.2, 0.25) is 4.34 Å². The normalized spacial score (nSPS) is 11.5. The van der Waals surface area contributed by atoms with E-state index in [2.05, 4.69) is 17.5 Å². The Labute approximate surface area is 202 Å². The predicted octanol–water partition coefficient (Wildman–Crippen LogP) is 6.95. The smallest absolute Gasteiger partial charge is 0.272 e. The van der Waals surface area contributed by atoms with Gasteiger partial charge in [0.15, 0.2) is 0 Å². The van der Waals surface area contributed by atoms with E-state index in [1.165, 1.54) is 11.3 Å². The molecule has 0 radical (unpaired) electrons. The molecule has 1 amide bonds. The molecule has 0 aliphatic heterocycles. The van der Waals surface area contributed by atoms with Crippen molar-refractivity contribution in [3.05, 3.63) is 81.5 Å². The first kappa shape index (κ1) is 23.0. The van der Waals surface area contributed by atoms with Gasteiger partial charge in [0.25, 0.3) is 5.91 Å². The van der Waals surface area contributed by atoms with Crippen LogP contribution < -0.4 is 10.2 Å². The van der Waals surface area contributed by atoms with Crippen LogP contribution in [0.3, 0.4) is 0 Å². The minimum Gasteiger partial charge on any atom is -0.494 e. The number of thiophene rings is 1. The van der Waals surface area contributed by atoms with E-state index in [9.17, 15) is 4.79 Å². The molecule has 5 nitrogen and oxygen atoms in total. The van der Waals surface area contributed by atoms with E-state index in [4.69, 9.17) is 21.3 Å². The molecule has 0 atom stereocenters. The number of rotatable bonds is 8. The number of benzene rings is 2. The Kier molecular flexibility index (Phi) is 7.37. The van der Waals surface area contributed by atoms with Crippen LogP contribution in [0.4, 0.5) is 0 Å². The molecule has 0 saturated heterocycles. The van der Waals surface area contributed by atoms with E-state index < -0.39 is 0 Å². The molecule has 2 heterocycles. The van der Waals surface area contributed by atoms with Crippen LogP contribution in [0.5, 0.6) is 5.75 Å². The van der Waals surface area contributed by atoms with Crippen molar-refractivity contribution in [2.75, 3.05) is 6.61 Å². The van der Waals surface area contributed by atoms with Crippen molar-refractivity contribution in [3.63, 3.8) is 0 Å². The Bertz CT molecular complexity index is 1300. The molecule has 2 aromatic carbocycles. The first-order valence-electron chi connectivity index (χ1n) is 10.8. The number of halogens is 1. The largest absolute Gasteiger partial charge is 0.494 e. The Balaban J connectivity index is 1.69. The summed E-state index contributed by atoms with van der Waals surface area (Å²) in [6, 6.07) is 20.9. The van der Waals surface area contributed by atoms with Crippen LogP contribution in [0, 0.1) is 0 Å². The van der Waals surface area contributed by atoms with Gasteiger partial charge >= 0.3 is 0 Å². The molecule has 0 fully saturated rings. The first-order chi connectivity index (χ1) is 16.1. The Morgan fingerprint density at radius 2 is 1.88 bits per heavy atom. The maximum atomic E-state index is 13.2. The van der Waals surface area contributed by atoms with E-state index in [1.54, 1.807) is 0 Å². The quantitative estimate of drug-likeness (QED) is 0.220. The molecule has 0 spiro atoms. The van der Waals surface area contributed by atoms with Crippen LogP contribution in [0.25, 0.3) is 22.2 Å². The van der Waals surface area contributed by atoms with Crippen LogP contribution in [-0.2, 0) is 0 Å². The number of fused-ring (bicyclic) bond motifs is 1. The van der Waals surface area contributed by atoms with Crippen molar-refractivity contribution in [3.8, 4) is 17.0 Å². The fraction of sp³-hybridized carbons (Fsp3) is 0.192. The van der Waals surface area contributed by atoms with Gasteiger partial charge in [-0.25, -0.2) is 10.4 Å². The number of hydrazone groups is 1. The fourth-order valence-electron chi connectivity index (χ4n) is 3.52. The lowest BCUT2D eigenvalue weighted by Gasteiger charge is -2.10. The van der Waals surface area contributed by atoms with Gasteiger partial charge in [0, 0.05) is 10.9 Å². The molecule has 4 aromatic rings. The zero-order chi connectivity index (χ0) is 23.2. The third-order valence-electron chi connectivity index (χ3n) is 5.06. The van der Waals surface area contributed by atoms with Crippen molar-refractivity contribution < 1.29 is 9.53 Å². The van der Waals surface area contributed by atoms with E-state index in [0.717, 1.165) is 45.6 Å². The maximum Gasteiger partial charge on any atom is 0.272 e. The average molecular weight is 478 g/mol. The third kappa shape index (κ3) is 5.41. The number of carbonyl (C=O) groups excluding carboxylic acids is 1. The van der Waals surface area contributed by atoms with Gasteiger partial charge in [0.1, 0.15) is 5.75 Å². The zero-order valence-corrected chi connectivity index (χ0v) is 20.0. The van der Waals surface area contributed by atoms with Crippen molar-refractivity contribution in [1.82, 2.24) is 10.4 Å². The molecule has 33 heavy (non-hydrogen) atoms. The minimum atomic E-state index is -0.281. The maximum absolute atomic E-state index is 13.2. The number of para-hydroxylation sites is 1. The fourth-order valence-corrected chi connectivity index (χ4v) is 4.58. The molecule has 0 saturated carbocycles. The summed E-state index contributed by atoms with van der Waals surface area (Å²) in [4.78, 5) is 19.0. The number of hydrogen-bond donors (Lipinski definition) is 1. The highest BCUT2D eigenvalue weighted by Crippen LogP contribution is 2.27. The number of nitrogens with one attached hydrogen (secondary N) is 1. The lowest BCUT2D eigenvalue weighted by molar-refractivity contribution is 0.0956. The molecular formula is C26H24ClN3O2S. The highest BCUT2D eigenvalue weighted by atomic mass is 35.5. The molecule has 0 aliphatic rings. The van der Waals surface area contributed by atoms with E-state index in [0.29, 0.717) is 22.2 Å². The number of ether oxygens (including phenoxy) is 1. The summed E-state index contributed by atoms with van der Waals surface area (Å²) in [6.07, 6.45) is 1.65. The summed E-state index contributed by atoms with van der Waals surface area (Å²) >= 11 is 7.55. The second-order valence-corrected chi connectivity index (χ2v) is 9.10. The van der Waals surface area contributed by atoms with E-state index >= 15 is 0 Å². The Morgan fingerprint density at radius 1 is 1.09 bits per heavy atom. The van der Waals surface area contributed by atoms with Gasteiger partial charge in [0.2, 0.25) is 0 Å². The summed E-state index contributed by atoms with van der Waals surface area (Å²) in [5.41, 5.74) is 6.45. The van der Waals surface area contributed by atoms with Crippen LogP contribution in [-0.4, -0.2) is 23.2 Å². The average Bonchev–Trinajstić information content (AvgIpc) is 3.27.